The number of nitrogens with one attached hydrogen (secondary N) is 2. The molecule has 0 aliphatic heterocycles. The molecule has 0 amide bonds. The molecule has 0 radical (unpaired) electrons. The lowest BCUT2D eigenvalue weighted by Crippen LogP contribution is -2.19. The van der Waals surface area contributed by atoms with Crippen LogP contribution in [-0.2, 0) is 12.8 Å². The van der Waals surface area contributed by atoms with Crippen molar-refractivity contribution in [2.75, 3.05) is 26.2 Å². The van der Waals surface area contributed by atoms with Crippen LogP contribution in [-0.4, -0.2) is 36.4 Å². The summed E-state index contributed by atoms with van der Waals surface area (Å²) < 4.78 is 0. The van der Waals surface area contributed by atoms with Crippen molar-refractivity contribution in [3.05, 3.63) is 83.9 Å². The first-order valence-corrected chi connectivity index (χ1v) is 11.8. The molecule has 0 atom stereocenters. The van der Waals surface area contributed by atoms with Gasteiger partial charge < -0.3 is 20.8 Å². The molecule has 0 saturated carbocycles. The molecule has 0 aliphatic rings. The molecule has 0 saturated heterocycles. The second kappa shape index (κ2) is 15.5. The molecule has 0 unspecified atom stereocenters. The maximum Gasteiger partial charge on any atom is 0.157 e. The molecule has 4 N–H and O–H groups in total. The van der Waals surface area contributed by atoms with Gasteiger partial charge in [-0.2, -0.15) is 0 Å². The van der Waals surface area contributed by atoms with E-state index in [2.05, 4.69) is 65.2 Å². The van der Waals surface area contributed by atoms with Crippen molar-refractivity contribution < 1.29 is 10.2 Å². The van der Waals surface area contributed by atoms with Crippen LogP contribution in [0, 0.1) is 0 Å². The summed E-state index contributed by atoms with van der Waals surface area (Å²) in [6.07, 6.45) is 6.83. The van der Waals surface area contributed by atoms with E-state index in [0.29, 0.717) is 0 Å². The van der Waals surface area contributed by atoms with Gasteiger partial charge in [0.25, 0.3) is 0 Å². The fraction of sp³-hybridized carbons (Fsp3) is 0.357. The Labute approximate surface area is 208 Å². The molecule has 0 fully saturated rings. The van der Waals surface area contributed by atoms with Crippen molar-refractivity contribution in [1.29, 1.82) is 0 Å². The fourth-order valence-corrected chi connectivity index (χ4v) is 3.79. The molecule has 178 valence electrons. The fourth-order valence-electron chi connectivity index (χ4n) is 3.79. The Morgan fingerprint density at radius 1 is 0.515 bits per heavy atom. The Kier molecular flexibility index (Phi) is 12.6. The predicted octanol–water partition coefficient (Wildman–Crippen LogP) is 5.87. The van der Waals surface area contributed by atoms with E-state index in [0.717, 1.165) is 44.6 Å². The van der Waals surface area contributed by atoms with Gasteiger partial charge in [0.15, 0.2) is 11.5 Å². The molecule has 0 heterocycles. The van der Waals surface area contributed by atoms with Gasteiger partial charge in [-0.25, -0.2) is 0 Å². The molecule has 33 heavy (non-hydrogen) atoms. The molecule has 3 aromatic rings. The van der Waals surface area contributed by atoms with Crippen molar-refractivity contribution in [2.24, 2.45) is 0 Å². The third kappa shape index (κ3) is 9.99. The topological polar surface area (TPSA) is 64.5 Å². The van der Waals surface area contributed by atoms with E-state index in [-0.39, 0.29) is 28.5 Å². The number of hydrogen-bond acceptors (Lipinski definition) is 4. The SMILES string of the molecule is Br.Oc1ccc(CCNCCCCCCNCCc2ccc(-c3ccccc3)cc2)cc1O. The third-order valence-electron chi connectivity index (χ3n) is 5.74. The van der Waals surface area contributed by atoms with Crippen LogP contribution in [0.15, 0.2) is 72.8 Å². The summed E-state index contributed by atoms with van der Waals surface area (Å²) in [6, 6.07) is 24.4. The lowest BCUT2D eigenvalue weighted by Gasteiger charge is -2.07. The summed E-state index contributed by atoms with van der Waals surface area (Å²) in [4.78, 5) is 0. The number of hydrogen-bond donors (Lipinski definition) is 4. The van der Waals surface area contributed by atoms with Gasteiger partial charge in [-0.3, -0.25) is 0 Å². The van der Waals surface area contributed by atoms with E-state index in [1.54, 1.807) is 12.1 Å². The number of benzene rings is 3. The van der Waals surface area contributed by atoms with Crippen LogP contribution < -0.4 is 10.6 Å². The van der Waals surface area contributed by atoms with E-state index in [4.69, 9.17) is 0 Å². The van der Waals surface area contributed by atoms with Crippen LogP contribution in [0.5, 0.6) is 11.5 Å². The second-order valence-corrected chi connectivity index (χ2v) is 8.30. The number of phenols is 2. The standard InChI is InChI=1S/C28H36N2O2.BrH/c31-27-15-12-24(22-28(27)32)17-21-30-19-7-2-1-6-18-29-20-16-23-10-13-26(14-11-23)25-8-4-3-5-9-25;/h3-5,8-15,22,29-32H,1-2,6-7,16-21H2;1H. The lowest BCUT2D eigenvalue weighted by molar-refractivity contribution is 0.403. The van der Waals surface area contributed by atoms with Gasteiger partial charge in [0, 0.05) is 0 Å². The molecule has 4 nitrogen and oxygen atoms in total. The zero-order valence-corrected chi connectivity index (χ0v) is 21.0. The Morgan fingerprint density at radius 2 is 1.06 bits per heavy atom. The van der Waals surface area contributed by atoms with E-state index >= 15 is 0 Å². The van der Waals surface area contributed by atoms with Crippen LogP contribution in [0.3, 0.4) is 0 Å². The normalized spacial score (nSPS) is 10.7. The minimum Gasteiger partial charge on any atom is -0.504 e. The average molecular weight is 514 g/mol. The van der Waals surface area contributed by atoms with Gasteiger partial charge in [-0.05, 0) is 86.2 Å². The lowest BCUT2D eigenvalue weighted by atomic mass is 10.0. The monoisotopic (exact) mass is 512 g/mol. The van der Waals surface area contributed by atoms with Gasteiger partial charge in [0.2, 0.25) is 0 Å². The Bertz CT molecular complexity index is 917. The molecule has 0 aromatic heterocycles. The molecule has 3 rings (SSSR count). The van der Waals surface area contributed by atoms with Gasteiger partial charge in [-0.1, -0.05) is 73.5 Å². The Balaban J connectivity index is 0.00000385. The highest BCUT2D eigenvalue weighted by molar-refractivity contribution is 8.93. The molecule has 0 bridgehead atoms. The first-order valence-electron chi connectivity index (χ1n) is 11.8. The highest BCUT2D eigenvalue weighted by Gasteiger charge is 2.01. The number of rotatable bonds is 14. The molecule has 0 aliphatic carbocycles. The van der Waals surface area contributed by atoms with Crippen LogP contribution in [0.4, 0.5) is 0 Å². The summed E-state index contributed by atoms with van der Waals surface area (Å²) in [5, 5.41) is 25.9. The van der Waals surface area contributed by atoms with Crippen molar-refractivity contribution in [2.45, 2.75) is 38.5 Å². The Hall–Kier alpha value is -2.34. The average Bonchev–Trinajstić information content (AvgIpc) is 2.83. The predicted molar refractivity (Wildman–Crippen MR) is 144 cm³/mol. The van der Waals surface area contributed by atoms with E-state index < -0.39 is 0 Å². The van der Waals surface area contributed by atoms with Gasteiger partial charge in [-0.15, -0.1) is 17.0 Å². The van der Waals surface area contributed by atoms with Gasteiger partial charge >= 0.3 is 0 Å². The number of phenolic OH excluding ortho intramolecular Hbond substituents is 2. The Morgan fingerprint density at radius 3 is 1.67 bits per heavy atom. The highest BCUT2D eigenvalue weighted by Crippen LogP contribution is 2.24. The first kappa shape index (κ1) is 26.9. The summed E-state index contributed by atoms with van der Waals surface area (Å²) in [5.41, 5.74) is 4.96. The number of unbranched alkanes of at least 4 members (excludes halogenated alkanes) is 3. The molecular formula is C28H37BrN2O2. The van der Waals surface area contributed by atoms with Crippen LogP contribution >= 0.6 is 17.0 Å². The summed E-state index contributed by atoms with van der Waals surface area (Å²) in [6.45, 7) is 4.02. The minimum atomic E-state index is -0.0614. The maximum absolute atomic E-state index is 9.51. The zero-order valence-electron chi connectivity index (χ0n) is 19.3. The molecule has 5 heteroatoms. The first-order chi connectivity index (χ1) is 15.7. The summed E-state index contributed by atoms with van der Waals surface area (Å²) in [5.74, 6) is -0.106. The van der Waals surface area contributed by atoms with Crippen molar-refractivity contribution in [3.63, 3.8) is 0 Å². The highest BCUT2D eigenvalue weighted by atomic mass is 79.9. The third-order valence-corrected chi connectivity index (χ3v) is 5.74. The largest absolute Gasteiger partial charge is 0.504 e. The quantitative estimate of drug-likeness (QED) is 0.161. The smallest absolute Gasteiger partial charge is 0.157 e. The number of halogens is 1. The van der Waals surface area contributed by atoms with Crippen LogP contribution in [0.1, 0.15) is 36.8 Å². The summed E-state index contributed by atoms with van der Waals surface area (Å²) in [7, 11) is 0. The van der Waals surface area contributed by atoms with Crippen molar-refractivity contribution >= 4 is 17.0 Å². The van der Waals surface area contributed by atoms with Crippen LogP contribution in [0.2, 0.25) is 0 Å². The molecule has 0 spiro atoms. The zero-order chi connectivity index (χ0) is 22.4. The van der Waals surface area contributed by atoms with Crippen LogP contribution in [0.25, 0.3) is 11.1 Å². The maximum atomic E-state index is 9.51. The minimum absolute atomic E-state index is 0. The molecular weight excluding hydrogens is 476 g/mol. The second-order valence-electron chi connectivity index (χ2n) is 8.30. The van der Waals surface area contributed by atoms with E-state index in [1.807, 2.05) is 6.07 Å². The van der Waals surface area contributed by atoms with Crippen molar-refractivity contribution in [1.82, 2.24) is 10.6 Å². The van der Waals surface area contributed by atoms with Gasteiger partial charge in [0.1, 0.15) is 0 Å². The molecule has 3 aromatic carbocycles. The van der Waals surface area contributed by atoms with Crippen molar-refractivity contribution in [3.8, 4) is 22.6 Å². The number of aromatic hydroxyl groups is 2. The summed E-state index contributed by atoms with van der Waals surface area (Å²) >= 11 is 0. The van der Waals surface area contributed by atoms with E-state index in [1.165, 1.54) is 42.4 Å². The van der Waals surface area contributed by atoms with E-state index in [9.17, 15) is 10.2 Å². The van der Waals surface area contributed by atoms with Gasteiger partial charge in [0.05, 0.1) is 0 Å².